The molecule has 7 nitrogen and oxygen atoms in total. The van der Waals surface area contributed by atoms with Gasteiger partial charge in [-0.1, -0.05) is 30.3 Å². The number of para-hydroxylation sites is 1. The molecule has 164 valence electrons. The molecule has 3 aromatic rings. The van der Waals surface area contributed by atoms with Crippen molar-refractivity contribution in [1.82, 2.24) is 4.57 Å². The highest BCUT2D eigenvalue weighted by molar-refractivity contribution is 7.90. The third-order valence-electron chi connectivity index (χ3n) is 5.27. The molecule has 2 aromatic carbocycles. The third-order valence-corrected chi connectivity index (χ3v) is 6.40. The van der Waals surface area contributed by atoms with E-state index < -0.39 is 34.4 Å². The van der Waals surface area contributed by atoms with Crippen LogP contribution >= 0.6 is 0 Å². The molecule has 1 heterocycles. The van der Waals surface area contributed by atoms with Crippen molar-refractivity contribution in [1.29, 1.82) is 0 Å². The Kier molecular flexibility index (Phi) is 6.64. The Bertz CT molecular complexity index is 1170. The average molecular weight is 444 g/mol. The summed E-state index contributed by atoms with van der Waals surface area (Å²) in [7, 11) is -3.34. The molecular weight excluding hydrogens is 418 g/mol. The van der Waals surface area contributed by atoms with Gasteiger partial charge in [-0.15, -0.1) is 0 Å². The van der Waals surface area contributed by atoms with Crippen molar-refractivity contribution in [3.05, 3.63) is 71.9 Å². The van der Waals surface area contributed by atoms with Crippen LogP contribution in [-0.4, -0.2) is 53.2 Å². The van der Waals surface area contributed by atoms with Gasteiger partial charge in [0.2, 0.25) is 0 Å². The molecule has 0 saturated carbocycles. The Hall–Kier alpha value is -2.94. The van der Waals surface area contributed by atoms with Crippen LogP contribution in [0.15, 0.2) is 65.6 Å². The molecule has 0 aliphatic heterocycles. The number of hydrogen-bond donors (Lipinski definition) is 3. The van der Waals surface area contributed by atoms with E-state index in [-0.39, 0.29) is 11.3 Å². The minimum Gasteiger partial charge on any atom is -0.481 e. The van der Waals surface area contributed by atoms with Crippen molar-refractivity contribution in [3.63, 3.8) is 0 Å². The van der Waals surface area contributed by atoms with Crippen LogP contribution in [0.3, 0.4) is 0 Å². The Morgan fingerprint density at radius 3 is 2.19 bits per heavy atom. The lowest BCUT2D eigenvalue weighted by Gasteiger charge is -2.16. The van der Waals surface area contributed by atoms with Gasteiger partial charge in [-0.3, -0.25) is 4.79 Å². The summed E-state index contributed by atoms with van der Waals surface area (Å²) in [6.45, 7) is 1.28. The summed E-state index contributed by atoms with van der Waals surface area (Å²) in [4.78, 5) is 12.2. The Morgan fingerprint density at radius 2 is 1.68 bits per heavy atom. The van der Waals surface area contributed by atoms with Crippen molar-refractivity contribution >= 4 is 15.8 Å². The van der Waals surface area contributed by atoms with E-state index in [4.69, 9.17) is 0 Å². The zero-order chi connectivity index (χ0) is 22.8. The maximum Gasteiger partial charge on any atom is 0.311 e. The maximum atomic E-state index is 12.0. The van der Waals surface area contributed by atoms with Crippen LogP contribution < -0.4 is 0 Å². The number of aromatic nitrogens is 1. The van der Waals surface area contributed by atoms with Crippen molar-refractivity contribution < 1.29 is 28.5 Å². The number of carboxylic acid groups (broad SMARTS) is 1. The predicted octanol–water partition coefficient (Wildman–Crippen LogP) is 2.77. The number of aliphatic carboxylic acids is 1. The van der Waals surface area contributed by atoms with Gasteiger partial charge >= 0.3 is 5.97 Å². The van der Waals surface area contributed by atoms with E-state index in [2.05, 4.69) is 0 Å². The lowest BCUT2D eigenvalue weighted by atomic mass is 9.93. The molecule has 3 rings (SSSR count). The second-order valence-electron chi connectivity index (χ2n) is 7.50. The average Bonchev–Trinajstić information content (AvgIpc) is 3.08. The molecule has 0 bridgehead atoms. The summed E-state index contributed by atoms with van der Waals surface area (Å²) in [6, 6.07) is 17.6. The molecule has 3 N–H and O–H groups in total. The zero-order valence-electron chi connectivity index (χ0n) is 17.3. The van der Waals surface area contributed by atoms with Crippen LogP contribution in [0, 0.1) is 6.92 Å². The molecule has 0 amide bonds. The predicted molar refractivity (Wildman–Crippen MR) is 117 cm³/mol. The van der Waals surface area contributed by atoms with E-state index in [1.807, 2.05) is 34.9 Å². The lowest BCUT2D eigenvalue weighted by Crippen LogP contribution is -2.22. The molecule has 0 fully saturated rings. The number of sulfone groups is 1. The van der Waals surface area contributed by atoms with E-state index in [9.17, 15) is 28.5 Å². The van der Waals surface area contributed by atoms with Gasteiger partial charge < -0.3 is 19.9 Å². The van der Waals surface area contributed by atoms with Crippen LogP contribution in [0.2, 0.25) is 0 Å². The van der Waals surface area contributed by atoms with E-state index >= 15 is 0 Å². The molecule has 31 heavy (non-hydrogen) atoms. The van der Waals surface area contributed by atoms with Crippen LogP contribution in [0.5, 0.6) is 0 Å². The fraction of sp³-hybridized carbons (Fsp3) is 0.261. The SMILES string of the molecule is Cc1c(C(C[C@H](O)CO)C(=O)O)cc(-c2ccc(S(C)(=O)=O)cc2)n1-c1ccccc1. The summed E-state index contributed by atoms with van der Waals surface area (Å²) < 4.78 is 25.5. The van der Waals surface area contributed by atoms with Gasteiger partial charge in [0, 0.05) is 17.6 Å². The smallest absolute Gasteiger partial charge is 0.311 e. The second-order valence-corrected chi connectivity index (χ2v) is 9.52. The highest BCUT2D eigenvalue weighted by atomic mass is 32.2. The van der Waals surface area contributed by atoms with Crippen LogP contribution in [0.25, 0.3) is 16.9 Å². The van der Waals surface area contributed by atoms with Gasteiger partial charge in [0.05, 0.1) is 29.2 Å². The van der Waals surface area contributed by atoms with Crippen molar-refractivity contribution in [2.24, 2.45) is 0 Å². The zero-order valence-corrected chi connectivity index (χ0v) is 18.1. The number of carbonyl (C=O) groups is 1. The second kappa shape index (κ2) is 9.05. The van der Waals surface area contributed by atoms with Crippen molar-refractivity contribution in [2.75, 3.05) is 12.9 Å². The maximum absolute atomic E-state index is 12.0. The summed E-state index contributed by atoms with van der Waals surface area (Å²) >= 11 is 0. The van der Waals surface area contributed by atoms with Crippen molar-refractivity contribution in [2.45, 2.75) is 30.3 Å². The van der Waals surface area contributed by atoms with Crippen LogP contribution in [-0.2, 0) is 14.6 Å². The fourth-order valence-electron chi connectivity index (χ4n) is 3.68. The number of rotatable bonds is 8. The van der Waals surface area contributed by atoms with Crippen LogP contribution in [0.1, 0.15) is 23.6 Å². The van der Waals surface area contributed by atoms with Crippen molar-refractivity contribution in [3.8, 4) is 16.9 Å². The Labute approximate surface area is 181 Å². The Balaban J connectivity index is 2.20. The number of hydrogen-bond acceptors (Lipinski definition) is 5. The molecule has 0 aliphatic carbocycles. The van der Waals surface area contributed by atoms with E-state index in [1.54, 1.807) is 25.1 Å². The Morgan fingerprint density at radius 1 is 1.06 bits per heavy atom. The number of benzene rings is 2. The molecule has 1 aromatic heterocycles. The highest BCUT2D eigenvalue weighted by Crippen LogP contribution is 2.35. The standard InChI is InChI=1S/C23H25NO6S/c1-15-20(21(23(27)28)12-18(26)14-25)13-22(24(15)17-6-4-3-5-7-17)16-8-10-19(11-9-16)31(2,29)30/h3-11,13,18,21,25-26H,12,14H2,1-2H3,(H,27,28)/t18-,21?/m0/s1. The number of carboxylic acids is 1. The molecule has 0 spiro atoms. The first-order valence-electron chi connectivity index (χ1n) is 9.73. The fourth-order valence-corrected chi connectivity index (χ4v) is 4.31. The lowest BCUT2D eigenvalue weighted by molar-refractivity contribution is -0.139. The van der Waals surface area contributed by atoms with Crippen LogP contribution in [0.4, 0.5) is 0 Å². The van der Waals surface area contributed by atoms with E-state index in [0.717, 1.165) is 17.5 Å². The number of nitrogens with zero attached hydrogens (tertiary/aromatic N) is 1. The minimum atomic E-state index is -3.34. The number of aliphatic hydroxyl groups is 2. The molecule has 0 radical (unpaired) electrons. The molecule has 8 heteroatoms. The van der Waals surface area contributed by atoms with Gasteiger partial charge in [-0.05, 0) is 54.8 Å². The summed E-state index contributed by atoms with van der Waals surface area (Å²) in [5, 5.41) is 28.9. The first-order valence-corrected chi connectivity index (χ1v) is 11.6. The molecule has 1 unspecified atom stereocenters. The molecule has 0 saturated heterocycles. The van der Waals surface area contributed by atoms with Gasteiger partial charge in [-0.25, -0.2) is 8.42 Å². The summed E-state index contributed by atoms with van der Waals surface area (Å²) in [5.74, 6) is -2.11. The van der Waals surface area contributed by atoms with Gasteiger partial charge in [0.1, 0.15) is 0 Å². The quantitative estimate of drug-likeness (QED) is 0.493. The third kappa shape index (κ3) is 4.87. The van der Waals surface area contributed by atoms with Gasteiger partial charge in [0.15, 0.2) is 9.84 Å². The molecular formula is C23H25NO6S. The topological polar surface area (TPSA) is 117 Å². The molecule has 0 aliphatic rings. The molecule has 2 atom stereocenters. The monoisotopic (exact) mass is 443 g/mol. The van der Waals surface area contributed by atoms with Gasteiger partial charge in [-0.2, -0.15) is 0 Å². The van der Waals surface area contributed by atoms with E-state index in [1.165, 1.54) is 12.1 Å². The van der Waals surface area contributed by atoms with Gasteiger partial charge in [0.25, 0.3) is 0 Å². The normalized spacial score (nSPS) is 13.7. The highest BCUT2D eigenvalue weighted by Gasteiger charge is 2.28. The minimum absolute atomic E-state index is 0.127. The first kappa shape index (κ1) is 22.7. The summed E-state index contributed by atoms with van der Waals surface area (Å²) in [5.41, 5.74) is 3.44. The summed E-state index contributed by atoms with van der Waals surface area (Å²) in [6.07, 6.45) is -0.142. The number of aliphatic hydroxyl groups excluding tert-OH is 2. The first-order chi connectivity index (χ1) is 14.6. The van der Waals surface area contributed by atoms with E-state index in [0.29, 0.717) is 17.0 Å². The largest absolute Gasteiger partial charge is 0.481 e.